The number of alkyl halides is 3. The first-order chi connectivity index (χ1) is 20.0. The summed E-state index contributed by atoms with van der Waals surface area (Å²) in [5.41, 5.74) is 3.17. The van der Waals surface area contributed by atoms with Gasteiger partial charge in [0.15, 0.2) is 0 Å². The number of nitrogens with zero attached hydrogens (tertiary/aromatic N) is 3. The zero-order valence-electron chi connectivity index (χ0n) is 23.1. The monoisotopic (exact) mass is 609 g/mol. The predicted molar refractivity (Wildman–Crippen MR) is 145 cm³/mol. The number of fused-ring (bicyclic) bond motifs is 1. The fourth-order valence-corrected chi connectivity index (χ4v) is 5.60. The minimum Gasteiger partial charge on any atom is -0.387 e. The minimum absolute atomic E-state index is 0.00689. The van der Waals surface area contributed by atoms with Crippen molar-refractivity contribution >= 4 is 17.3 Å². The predicted octanol–water partition coefficient (Wildman–Crippen LogP) is 4.74. The molecule has 0 spiro atoms. The van der Waals surface area contributed by atoms with E-state index in [1.54, 1.807) is 0 Å². The number of nitrogens with two attached hydrogens (primary N) is 1. The average molecular weight is 610 g/mol. The standard InChI is InChI=1S/C29H29F6N5O3/c1-28(2,43)13-8-18(31)23(19(32)9-13)25-17(30)4-5-20(38-25)27(42)39-21-10-37-24-16(3-6-22(24)41)26(21)40-11-14(29(33,34)35)7-15(36)12-40/h4-5,8-10,14-15,22,41,43H,3,6-7,11-12,36H2,1-2H3,(H,39,42)/t14-,15+,22-/m0/s1. The summed E-state index contributed by atoms with van der Waals surface area (Å²) in [6.07, 6.45) is -3.97. The number of rotatable bonds is 5. The molecule has 8 nitrogen and oxygen atoms in total. The normalized spacial score (nSPS) is 20.7. The molecule has 5 N–H and O–H groups in total. The molecule has 2 aromatic heterocycles. The van der Waals surface area contributed by atoms with Gasteiger partial charge in [-0.25, -0.2) is 18.2 Å². The molecule has 43 heavy (non-hydrogen) atoms. The summed E-state index contributed by atoms with van der Waals surface area (Å²) in [6, 6.07) is 2.63. The molecule has 1 amide bonds. The van der Waals surface area contributed by atoms with Crippen LogP contribution in [0.5, 0.6) is 0 Å². The number of benzene rings is 1. The maximum atomic E-state index is 15.0. The molecule has 0 unspecified atom stereocenters. The van der Waals surface area contributed by atoms with Crippen LogP contribution in [0, 0.1) is 23.4 Å². The Balaban J connectivity index is 1.52. The summed E-state index contributed by atoms with van der Waals surface area (Å²) in [4.78, 5) is 22.8. The van der Waals surface area contributed by atoms with Crippen molar-refractivity contribution in [3.05, 3.63) is 70.4 Å². The molecule has 3 heterocycles. The highest BCUT2D eigenvalue weighted by Gasteiger charge is 2.45. The molecule has 0 saturated carbocycles. The van der Waals surface area contributed by atoms with E-state index < -0.39 is 76.7 Å². The van der Waals surface area contributed by atoms with E-state index in [1.165, 1.54) is 24.9 Å². The Morgan fingerprint density at radius 2 is 1.77 bits per heavy atom. The number of amides is 1. The summed E-state index contributed by atoms with van der Waals surface area (Å²) in [7, 11) is 0. The second-order valence-electron chi connectivity index (χ2n) is 11.4. The molecule has 1 aromatic carbocycles. The molecular weight excluding hydrogens is 580 g/mol. The van der Waals surface area contributed by atoms with Crippen molar-refractivity contribution in [1.82, 2.24) is 9.97 Å². The SMILES string of the molecule is CC(C)(O)c1cc(F)c(-c2nc(C(=O)Nc3cnc4c(c3N3C[C@H](N)C[C@H](C(F)(F)F)C3)CC[C@@H]4O)ccc2F)c(F)c1. The van der Waals surface area contributed by atoms with Gasteiger partial charge in [-0.15, -0.1) is 0 Å². The topological polar surface area (TPSA) is 125 Å². The Labute approximate surface area is 242 Å². The van der Waals surface area contributed by atoms with E-state index in [1.807, 2.05) is 0 Å². The molecule has 1 aliphatic heterocycles. The number of carbonyl (C=O) groups is 1. The highest BCUT2D eigenvalue weighted by Crippen LogP contribution is 2.43. The van der Waals surface area contributed by atoms with Gasteiger partial charge in [0.05, 0.1) is 46.5 Å². The lowest BCUT2D eigenvalue weighted by atomic mass is 9.93. The van der Waals surface area contributed by atoms with Crippen LogP contribution in [-0.4, -0.2) is 51.4 Å². The Morgan fingerprint density at radius 1 is 1.09 bits per heavy atom. The van der Waals surface area contributed by atoms with Crippen molar-refractivity contribution in [2.75, 3.05) is 23.3 Å². The Morgan fingerprint density at radius 3 is 2.40 bits per heavy atom. The number of hydrogen-bond acceptors (Lipinski definition) is 7. The summed E-state index contributed by atoms with van der Waals surface area (Å²) >= 11 is 0. The van der Waals surface area contributed by atoms with Gasteiger partial charge in [0, 0.05) is 24.7 Å². The summed E-state index contributed by atoms with van der Waals surface area (Å²) in [5, 5.41) is 23.0. The van der Waals surface area contributed by atoms with Gasteiger partial charge in [-0.2, -0.15) is 13.2 Å². The number of aliphatic hydroxyl groups excluding tert-OH is 1. The zero-order chi connectivity index (χ0) is 31.4. The van der Waals surface area contributed by atoms with Crippen molar-refractivity contribution in [3.8, 4) is 11.3 Å². The molecule has 0 radical (unpaired) electrons. The first-order valence-corrected chi connectivity index (χ1v) is 13.5. The van der Waals surface area contributed by atoms with Gasteiger partial charge in [0.2, 0.25) is 0 Å². The van der Waals surface area contributed by atoms with Gasteiger partial charge in [0.1, 0.15) is 28.8 Å². The second-order valence-corrected chi connectivity index (χ2v) is 11.4. The zero-order valence-corrected chi connectivity index (χ0v) is 23.1. The van der Waals surface area contributed by atoms with E-state index in [9.17, 15) is 41.4 Å². The number of pyridine rings is 2. The third-order valence-electron chi connectivity index (χ3n) is 7.74. The lowest BCUT2D eigenvalue weighted by Gasteiger charge is -2.40. The van der Waals surface area contributed by atoms with Gasteiger partial charge >= 0.3 is 6.18 Å². The number of aliphatic hydroxyl groups is 2. The van der Waals surface area contributed by atoms with Gasteiger partial charge in [0.25, 0.3) is 5.91 Å². The lowest BCUT2D eigenvalue weighted by Crippen LogP contribution is -2.51. The molecule has 1 aliphatic carbocycles. The number of hydrogen-bond donors (Lipinski definition) is 4. The molecule has 0 bridgehead atoms. The fourth-order valence-electron chi connectivity index (χ4n) is 5.60. The Hall–Kier alpha value is -3.75. The van der Waals surface area contributed by atoms with E-state index in [-0.39, 0.29) is 48.4 Å². The van der Waals surface area contributed by atoms with Crippen molar-refractivity contribution in [3.63, 3.8) is 0 Å². The van der Waals surface area contributed by atoms with E-state index >= 15 is 0 Å². The van der Waals surface area contributed by atoms with Crippen LogP contribution in [0.4, 0.5) is 37.7 Å². The third kappa shape index (κ3) is 6.04. The molecule has 5 rings (SSSR count). The quantitative estimate of drug-likeness (QED) is 0.308. The maximum Gasteiger partial charge on any atom is 0.393 e. The van der Waals surface area contributed by atoms with Crippen LogP contribution >= 0.6 is 0 Å². The molecular formula is C29H29F6N5O3. The number of anilines is 2. The highest BCUT2D eigenvalue weighted by atomic mass is 19.4. The van der Waals surface area contributed by atoms with E-state index in [2.05, 4.69) is 15.3 Å². The maximum absolute atomic E-state index is 15.0. The van der Waals surface area contributed by atoms with Crippen molar-refractivity contribution in [2.24, 2.45) is 11.7 Å². The highest BCUT2D eigenvalue weighted by molar-refractivity contribution is 6.05. The van der Waals surface area contributed by atoms with Crippen molar-refractivity contribution in [2.45, 2.75) is 57.0 Å². The Kier molecular flexibility index (Phi) is 7.90. The number of halogens is 6. The van der Waals surface area contributed by atoms with Crippen LogP contribution in [0.2, 0.25) is 0 Å². The number of carbonyl (C=O) groups excluding carboxylic acids is 1. The fraction of sp³-hybridized carbons (Fsp3) is 0.414. The summed E-state index contributed by atoms with van der Waals surface area (Å²) in [6.45, 7) is 2.23. The van der Waals surface area contributed by atoms with E-state index in [0.717, 1.165) is 24.3 Å². The summed E-state index contributed by atoms with van der Waals surface area (Å²) in [5.74, 6) is -6.25. The van der Waals surface area contributed by atoms with Crippen LogP contribution < -0.4 is 16.0 Å². The molecule has 2 aliphatic rings. The van der Waals surface area contributed by atoms with Gasteiger partial charge in [-0.1, -0.05) is 0 Å². The molecule has 3 aromatic rings. The number of nitrogens with one attached hydrogen (secondary N) is 1. The smallest absolute Gasteiger partial charge is 0.387 e. The van der Waals surface area contributed by atoms with Crippen LogP contribution in [0.1, 0.15) is 60.1 Å². The third-order valence-corrected chi connectivity index (χ3v) is 7.74. The molecule has 1 fully saturated rings. The van der Waals surface area contributed by atoms with Gasteiger partial charge in [-0.3, -0.25) is 9.78 Å². The lowest BCUT2D eigenvalue weighted by molar-refractivity contribution is -0.177. The Bertz CT molecular complexity index is 1550. The molecule has 3 atom stereocenters. The van der Waals surface area contributed by atoms with Crippen molar-refractivity contribution in [1.29, 1.82) is 0 Å². The average Bonchev–Trinajstić information content (AvgIpc) is 3.28. The van der Waals surface area contributed by atoms with Gasteiger partial charge in [-0.05, 0) is 62.9 Å². The summed E-state index contributed by atoms with van der Waals surface area (Å²) < 4.78 is 85.9. The molecule has 230 valence electrons. The number of piperidine rings is 1. The van der Waals surface area contributed by atoms with Gasteiger partial charge < -0.3 is 26.2 Å². The van der Waals surface area contributed by atoms with E-state index in [4.69, 9.17) is 5.73 Å². The first-order valence-electron chi connectivity index (χ1n) is 13.5. The number of aromatic nitrogens is 2. The minimum atomic E-state index is -4.51. The van der Waals surface area contributed by atoms with Crippen molar-refractivity contribution < 1.29 is 41.4 Å². The second kappa shape index (κ2) is 11.1. The van der Waals surface area contributed by atoms with Crippen LogP contribution in [0.15, 0.2) is 30.5 Å². The van der Waals surface area contributed by atoms with Crippen LogP contribution in [0.3, 0.4) is 0 Å². The first kappa shape index (κ1) is 30.7. The molecule has 1 saturated heterocycles. The van der Waals surface area contributed by atoms with Crippen LogP contribution in [0.25, 0.3) is 11.3 Å². The molecule has 14 heteroatoms. The van der Waals surface area contributed by atoms with E-state index in [0.29, 0.717) is 5.56 Å². The van der Waals surface area contributed by atoms with Crippen LogP contribution in [-0.2, 0) is 12.0 Å². The largest absolute Gasteiger partial charge is 0.393 e.